The summed E-state index contributed by atoms with van der Waals surface area (Å²) in [5.74, 6) is 0.805. The van der Waals surface area contributed by atoms with E-state index in [1.165, 1.54) is 5.56 Å². The summed E-state index contributed by atoms with van der Waals surface area (Å²) in [5.41, 5.74) is 7.44. The molecule has 4 aromatic rings. The van der Waals surface area contributed by atoms with Crippen LogP contribution in [0.15, 0.2) is 69.9 Å². The fourth-order valence-corrected chi connectivity index (χ4v) is 2.99. The summed E-state index contributed by atoms with van der Waals surface area (Å²) < 4.78 is 5.70. The number of fused-ring (bicyclic) bond motifs is 1. The van der Waals surface area contributed by atoms with Crippen LogP contribution in [0.5, 0.6) is 0 Å². The maximum atomic E-state index is 12.4. The van der Waals surface area contributed by atoms with E-state index in [0.29, 0.717) is 22.6 Å². The molecule has 0 aliphatic carbocycles. The van der Waals surface area contributed by atoms with E-state index in [1.807, 2.05) is 18.2 Å². The Morgan fingerprint density at radius 3 is 2.72 bits per heavy atom. The lowest BCUT2D eigenvalue weighted by Crippen LogP contribution is -2.31. The minimum atomic E-state index is -0.480. The number of benzene rings is 2. The summed E-state index contributed by atoms with van der Waals surface area (Å²) in [6, 6.07) is 18.3. The van der Waals surface area contributed by atoms with Crippen molar-refractivity contribution >= 4 is 22.8 Å². The molecule has 0 saturated heterocycles. The second-order valence-electron chi connectivity index (χ2n) is 6.95. The molecule has 0 aliphatic heterocycles. The van der Waals surface area contributed by atoms with E-state index < -0.39 is 5.91 Å². The molecule has 4 rings (SSSR count). The van der Waals surface area contributed by atoms with Crippen LogP contribution in [-0.4, -0.2) is 15.9 Å². The van der Waals surface area contributed by atoms with Gasteiger partial charge in [-0.2, -0.15) is 0 Å². The van der Waals surface area contributed by atoms with Crippen LogP contribution in [0, 0.1) is 0 Å². The summed E-state index contributed by atoms with van der Waals surface area (Å²) in [6.07, 6.45) is 0. The number of para-hydroxylation sites is 1. The van der Waals surface area contributed by atoms with Gasteiger partial charge < -0.3 is 4.42 Å². The smallest absolute Gasteiger partial charge is 0.305 e. The molecular formula is C22H20N4O3. The number of rotatable bonds is 5. The summed E-state index contributed by atoms with van der Waals surface area (Å²) in [7, 11) is 0. The number of hydrazine groups is 1. The monoisotopic (exact) mass is 388 g/mol. The van der Waals surface area contributed by atoms with E-state index in [0.717, 1.165) is 5.56 Å². The van der Waals surface area contributed by atoms with Gasteiger partial charge in [0, 0.05) is 5.56 Å². The Bertz CT molecular complexity index is 1240. The van der Waals surface area contributed by atoms with Gasteiger partial charge in [0.25, 0.3) is 5.56 Å². The SMILES string of the molecule is CC(C)c1cccc(-c2ccc(C(=O)NNc3nc4ccccc4c(=O)[nH]3)o2)c1. The van der Waals surface area contributed by atoms with Crippen LogP contribution in [0.3, 0.4) is 0 Å². The van der Waals surface area contributed by atoms with E-state index >= 15 is 0 Å². The number of H-pyrrole nitrogens is 1. The Morgan fingerprint density at radius 1 is 1.07 bits per heavy atom. The second kappa shape index (κ2) is 7.63. The van der Waals surface area contributed by atoms with E-state index in [1.54, 1.807) is 36.4 Å². The van der Waals surface area contributed by atoms with Crippen LogP contribution in [0.4, 0.5) is 5.95 Å². The van der Waals surface area contributed by atoms with E-state index in [2.05, 4.69) is 40.7 Å². The zero-order valence-corrected chi connectivity index (χ0v) is 16.0. The highest BCUT2D eigenvalue weighted by Gasteiger charge is 2.13. The summed E-state index contributed by atoms with van der Waals surface area (Å²) in [5, 5.41) is 0.476. The van der Waals surface area contributed by atoms with Crippen molar-refractivity contribution in [1.29, 1.82) is 0 Å². The number of furan rings is 1. The van der Waals surface area contributed by atoms with Crippen LogP contribution < -0.4 is 16.4 Å². The van der Waals surface area contributed by atoms with Crippen molar-refractivity contribution in [2.24, 2.45) is 0 Å². The van der Waals surface area contributed by atoms with Gasteiger partial charge in [-0.3, -0.25) is 25.4 Å². The zero-order chi connectivity index (χ0) is 20.4. The number of carbonyl (C=O) groups excluding carboxylic acids is 1. The first kappa shape index (κ1) is 18.5. The van der Waals surface area contributed by atoms with Crippen LogP contribution in [0.1, 0.15) is 35.9 Å². The quantitative estimate of drug-likeness (QED) is 0.448. The first-order valence-corrected chi connectivity index (χ1v) is 9.27. The molecule has 0 aliphatic rings. The van der Waals surface area contributed by atoms with Crippen molar-refractivity contribution in [3.8, 4) is 11.3 Å². The molecule has 146 valence electrons. The van der Waals surface area contributed by atoms with Gasteiger partial charge in [-0.25, -0.2) is 4.98 Å². The third kappa shape index (κ3) is 3.89. The van der Waals surface area contributed by atoms with Crippen molar-refractivity contribution < 1.29 is 9.21 Å². The Morgan fingerprint density at radius 2 is 1.90 bits per heavy atom. The highest BCUT2D eigenvalue weighted by Crippen LogP contribution is 2.25. The minimum absolute atomic E-state index is 0.137. The predicted molar refractivity (Wildman–Crippen MR) is 112 cm³/mol. The number of carbonyl (C=O) groups is 1. The number of hydrogen-bond donors (Lipinski definition) is 3. The first-order valence-electron chi connectivity index (χ1n) is 9.27. The van der Waals surface area contributed by atoms with Gasteiger partial charge in [0.2, 0.25) is 5.95 Å². The van der Waals surface area contributed by atoms with Gasteiger partial charge in [-0.05, 0) is 41.8 Å². The maximum Gasteiger partial charge on any atom is 0.305 e. The average Bonchev–Trinajstić information content (AvgIpc) is 3.22. The van der Waals surface area contributed by atoms with E-state index in [9.17, 15) is 9.59 Å². The third-order valence-electron chi connectivity index (χ3n) is 4.57. The summed E-state index contributed by atoms with van der Waals surface area (Å²) >= 11 is 0. The lowest BCUT2D eigenvalue weighted by atomic mass is 10.0. The second-order valence-corrected chi connectivity index (χ2v) is 6.95. The molecule has 2 heterocycles. The molecule has 29 heavy (non-hydrogen) atoms. The normalized spacial score (nSPS) is 11.0. The number of nitrogens with zero attached hydrogens (tertiary/aromatic N) is 1. The number of hydrogen-bond acceptors (Lipinski definition) is 5. The van der Waals surface area contributed by atoms with Gasteiger partial charge >= 0.3 is 5.91 Å². The fraction of sp³-hybridized carbons (Fsp3) is 0.136. The largest absolute Gasteiger partial charge is 0.451 e. The van der Waals surface area contributed by atoms with Crippen LogP contribution in [-0.2, 0) is 0 Å². The highest BCUT2D eigenvalue weighted by molar-refractivity contribution is 5.92. The Kier molecular flexibility index (Phi) is 4.87. The van der Waals surface area contributed by atoms with Crippen LogP contribution >= 0.6 is 0 Å². The first-order chi connectivity index (χ1) is 14.0. The maximum absolute atomic E-state index is 12.4. The topological polar surface area (TPSA) is 100 Å². The van der Waals surface area contributed by atoms with Crippen molar-refractivity contribution in [2.45, 2.75) is 19.8 Å². The van der Waals surface area contributed by atoms with Gasteiger partial charge in [-0.1, -0.05) is 44.2 Å². The molecule has 0 radical (unpaired) electrons. The Balaban J connectivity index is 1.49. The molecular weight excluding hydrogens is 368 g/mol. The van der Waals surface area contributed by atoms with Crippen molar-refractivity contribution in [1.82, 2.24) is 15.4 Å². The highest BCUT2D eigenvalue weighted by atomic mass is 16.4. The standard InChI is InChI=1S/C22H20N4O3/c1-13(2)14-6-5-7-15(12-14)18-10-11-19(29-18)21(28)25-26-22-23-17-9-4-3-8-16(17)20(27)24-22/h3-13H,1-2H3,(H,25,28)(H2,23,24,26,27). The molecule has 0 spiro atoms. The summed E-state index contributed by atoms with van der Waals surface area (Å²) in [6.45, 7) is 4.24. The van der Waals surface area contributed by atoms with Crippen molar-refractivity contribution in [3.05, 3.63) is 82.3 Å². The van der Waals surface area contributed by atoms with Gasteiger partial charge in [-0.15, -0.1) is 0 Å². The fourth-order valence-electron chi connectivity index (χ4n) is 2.99. The van der Waals surface area contributed by atoms with Crippen molar-refractivity contribution in [2.75, 3.05) is 5.43 Å². The number of aromatic amines is 1. The van der Waals surface area contributed by atoms with Gasteiger partial charge in [0.1, 0.15) is 5.76 Å². The zero-order valence-electron chi connectivity index (χ0n) is 16.0. The lowest BCUT2D eigenvalue weighted by molar-refractivity contribution is 0.0935. The molecule has 2 aromatic heterocycles. The van der Waals surface area contributed by atoms with E-state index in [4.69, 9.17) is 4.42 Å². The predicted octanol–water partition coefficient (Wildman–Crippen LogP) is 4.06. The van der Waals surface area contributed by atoms with Crippen LogP contribution in [0.2, 0.25) is 0 Å². The van der Waals surface area contributed by atoms with Crippen LogP contribution in [0.25, 0.3) is 22.2 Å². The number of aromatic nitrogens is 2. The molecule has 3 N–H and O–H groups in total. The number of nitrogens with one attached hydrogen (secondary N) is 3. The van der Waals surface area contributed by atoms with Crippen molar-refractivity contribution in [3.63, 3.8) is 0 Å². The Hall–Kier alpha value is -3.87. The average molecular weight is 388 g/mol. The summed E-state index contributed by atoms with van der Waals surface area (Å²) in [4.78, 5) is 31.3. The minimum Gasteiger partial charge on any atom is -0.451 e. The lowest BCUT2D eigenvalue weighted by Gasteiger charge is -2.07. The Labute approximate surface area is 166 Å². The molecule has 0 atom stereocenters. The molecule has 7 heteroatoms. The molecule has 0 unspecified atom stereocenters. The van der Waals surface area contributed by atoms with Gasteiger partial charge in [0.05, 0.1) is 10.9 Å². The molecule has 1 amide bonds. The number of amides is 1. The number of anilines is 1. The third-order valence-corrected chi connectivity index (χ3v) is 4.57. The molecule has 7 nitrogen and oxygen atoms in total. The van der Waals surface area contributed by atoms with E-state index in [-0.39, 0.29) is 17.3 Å². The molecule has 0 fully saturated rings. The molecule has 2 aromatic carbocycles. The molecule has 0 saturated carbocycles. The van der Waals surface area contributed by atoms with Gasteiger partial charge in [0.15, 0.2) is 5.76 Å². The molecule has 0 bridgehead atoms.